The largest absolute Gasteiger partial charge is 0.481 e. The summed E-state index contributed by atoms with van der Waals surface area (Å²) in [5.41, 5.74) is 2.04. The molecule has 4 rings (SSSR count). The van der Waals surface area contributed by atoms with E-state index in [2.05, 4.69) is 22.1 Å². The predicted molar refractivity (Wildman–Crippen MR) is 84.1 cm³/mol. The highest BCUT2D eigenvalue weighted by molar-refractivity contribution is 5.75. The molecule has 0 bridgehead atoms. The first-order valence-corrected chi connectivity index (χ1v) is 7.76. The van der Waals surface area contributed by atoms with Gasteiger partial charge >= 0.3 is 5.97 Å². The van der Waals surface area contributed by atoms with Crippen molar-refractivity contribution in [2.75, 3.05) is 0 Å². The number of pyridine rings is 2. The van der Waals surface area contributed by atoms with Crippen LogP contribution in [0.3, 0.4) is 0 Å². The number of nitrogens with zero attached hydrogens (tertiary/aromatic N) is 2. The number of aliphatic carboxylic acids is 1. The Morgan fingerprint density at radius 1 is 1.23 bits per heavy atom. The average molecular weight is 294 g/mol. The van der Waals surface area contributed by atoms with Gasteiger partial charge in [0.05, 0.1) is 11.6 Å². The van der Waals surface area contributed by atoms with E-state index >= 15 is 0 Å². The number of hydrogen-bond donors (Lipinski definition) is 1. The van der Waals surface area contributed by atoms with Crippen LogP contribution in [0.4, 0.5) is 0 Å². The second-order valence-electron chi connectivity index (χ2n) is 6.76. The van der Waals surface area contributed by atoms with E-state index < -0.39 is 5.97 Å². The SMILES string of the molecule is O=C(O)C1CC2(CC(/C=C/c3ccc4cccnc4n3)C2)C1. The van der Waals surface area contributed by atoms with Gasteiger partial charge in [0, 0.05) is 11.6 Å². The van der Waals surface area contributed by atoms with E-state index in [0.717, 1.165) is 42.4 Å². The van der Waals surface area contributed by atoms with E-state index in [-0.39, 0.29) is 5.92 Å². The zero-order valence-electron chi connectivity index (χ0n) is 12.3. The van der Waals surface area contributed by atoms with Crippen LogP contribution < -0.4 is 0 Å². The van der Waals surface area contributed by atoms with Crippen molar-refractivity contribution in [3.8, 4) is 0 Å². The van der Waals surface area contributed by atoms with E-state index in [1.54, 1.807) is 6.20 Å². The second kappa shape index (κ2) is 4.90. The van der Waals surface area contributed by atoms with Crippen molar-refractivity contribution in [2.45, 2.75) is 25.7 Å². The minimum Gasteiger partial charge on any atom is -0.481 e. The van der Waals surface area contributed by atoms with Gasteiger partial charge in [0.15, 0.2) is 5.65 Å². The van der Waals surface area contributed by atoms with Crippen LogP contribution in [0, 0.1) is 17.3 Å². The smallest absolute Gasteiger partial charge is 0.306 e. The molecule has 2 aliphatic rings. The fourth-order valence-corrected chi connectivity index (χ4v) is 3.98. The molecule has 2 aromatic rings. The molecule has 4 heteroatoms. The molecule has 2 aromatic heterocycles. The number of carbonyl (C=O) groups is 1. The molecule has 0 aliphatic heterocycles. The summed E-state index contributed by atoms with van der Waals surface area (Å²) in [6.45, 7) is 0. The summed E-state index contributed by atoms with van der Waals surface area (Å²) in [6.07, 6.45) is 10.0. The second-order valence-corrected chi connectivity index (χ2v) is 6.76. The van der Waals surface area contributed by atoms with Crippen molar-refractivity contribution >= 4 is 23.1 Å². The number of aromatic nitrogens is 2. The predicted octanol–water partition coefficient (Wildman–Crippen LogP) is 3.53. The quantitative estimate of drug-likeness (QED) is 0.940. The first-order chi connectivity index (χ1) is 10.6. The number of hydrogen-bond acceptors (Lipinski definition) is 3. The van der Waals surface area contributed by atoms with Gasteiger partial charge in [0.25, 0.3) is 0 Å². The molecule has 2 saturated carbocycles. The molecule has 112 valence electrons. The van der Waals surface area contributed by atoms with Gasteiger partial charge in [-0.25, -0.2) is 9.97 Å². The maximum atomic E-state index is 10.9. The lowest BCUT2D eigenvalue weighted by Gasteiger charge is -2.56. The van der Waals surface area contributed by atoms with Gasteiger partial charge < -0.3 is 5.11 Å². The summed E-state index contributed by atoms with van der Waals surface area (Å²) in [4.78, 5) is 19.7. The Hall–Kier alpha value is -2.23. The van der Waals surface area contributed by atoms with Gasteiger partial charge in [-0.05, 0) is 67.4 Å². The fourth-order valence-electron chi connectivity index (χ4n) is 3.98. The van der Waals surface area contributed by atoms with Gasteiger partial charge in [-0.15, -0.1) is 0 Å². The zero-order valence-corrected chi connectivity index (χ0v) is 12.3. The topological polar surface area (TPSA) is 63.1 Å². The van der Waals surface area contributed by atoms with Crippen molar-refractivity contribution in [3.05, 3.63) is 42.2 Å². The molecule has 1 spiro atoms. The number of fused-ring (bicyclic) bond motifs is 1. The van der Waals surface area contributed by atoms with Crippen molar-refractivity contribution in [1.82, 2.24) is 9.97 Å². The van der Waals surface area contributed by atoms with Crippen molar-refractivity contribution in [3.63, 3.8) is 0 Å². The Labute approximate surface area is 128 Å². The van der Waals surface area contributed by atoms with Gasteiger partial charge in [-0.3, -0.25) is 4.79 Å². The summed E-state index contributed by atoms with van der Waals surface area (Å²) in [6, 6.07) is 7.98. The number of allylic oxidation sites excluding steroid dienone is 1. The lowest BCUT2D eigenvalue weighted by atomic mass is 9.48. The van der Waals surface area contributed by atoms with Crippen LogP contribution >= 0.6 is 0 Å². The number of carboxylic acids is 1. The molecule has 2 heterocycles. The summed E-state index contributed by atoms with van der Waals surface area (Å²) >= 11 is 0. The van der Waals surface area contributed by atoms with Crippen molar-refractivity contribution < 1.29 is 9.90 Å². The summed E-state index contributed by atoms with van der Waals surface area (Å²) in [5, 5.41) is 10.0. The molecule has 0 unspecified atom stereocenters. The van der Waals surface area contributed by atoms with E-state index in [9.17, 15) is 4.79 Å². The van der Waals surface area contributed by atoms with Crippen LogP contribution in [-0.2, 0) is 4.79 Å². The van der Waals surface area contributed by atoms with Crippen LogP contribution in [0.5, 0.6) is 0 Å². The maximum Gasteiger partial charge on any atom is 0.306 e. The molecule has 0 amide bonds. The Kier molecular flexibility index (Phi) is 2.99. The molecular weight excluding hydrogens is 276 g/mol. The Morgan fingerprint density at radius 2 is 2.05 bits per heavy atom. The normalized spacial score (nSPS) is 30.4. The lowest BCUT2D eigenvalue weighted by molar-refractivity contribution is -0.156. The molecule has 4 nitrogen and oxygen atoms in total. The molecule has 0 saturated heterocycles. The molecule has 0 atom stereocenters. The molecular formula is C18H18N2O2. The standard InChI is InChI=1S/C18H18N2O2/c21-17(22)14-10-18(11-14)8-12(9-18)3-5-15-6-4-13-2-1-7-19-16(13)20-15/h1-7,12,14H,8-11H2,(H,21,22)/b5-3+. The maximum absolute atomic E-state index is 10.9. The molecule has 0 aromatic carbocycles. The number of rotatable bonds is 3. The lowest BCUT2D eigenvalue weighted by Crippen LogP contribution is -2.49. The summed E-state index contributed by atoms with van der Waals surface area (Å²) in [5.74, 6) is -0.161. The zero-order chi connectivity index (χ0) is 15.2. The molecule has 0 radical (unpaired) electrons. The van der Waals surface area contributed by atoms with Gasteiger partial charge in [0.1, 0.15) is 0 Å². The number of carboxylic acid groups (broad SMARTS) is 1. The Morgan fingerprint density at radius 3 is 2.82 bits per heavy atom. The van der Waals surface area contributed by atoms with Gasteiger partial charge in [-0.2, -0.15) is 0 Å². The van der Waals surface area contributed by atoms with E-state index in [1.807, 2.05) is 24.3 Å². The van der Waals surface area contributed by atoms with Crippen LogP contribution in [-0.4, -0.2) is 21.0 Å². The van der Waals surface area contributed by atoms with Crippen LogP contribution in [0.25, 0.3) is 17.1 Å². The van der Waals surface area contributed by atoms with Gasteiger partial charge in [0.2, 0.25) is 0 Å². The summed E-state index contributed by atoms with van der Waals surface area (Å²) < 4.78 is 0. The van der Waals surface area contributed by atoms with Crippen LogP contribution in [0.15, 0.2) is 36.5 Å². The van der Waals surface area contributed by atoms with Crippen LogP contribution in [0.2, 0.25) is 0 Å². The van der Waals surface area contributed by atoms with Crippen molar-refractivity contribution in [1.29, 1.82) is 0 Å². The van der Waals surface area contributed by atoms with Crippen molar-refractivity contribution in [2.24, 2.45) is 17.3 Å². The highest BCUT2D eigenvalue weighted by Gasteiger charge is 2.54. The Balaban J connectivity index is 1.38. The third-order valence-corrected chi connectivity index (χ3v) is 5.12. The van der Waals surface area contributed by atoms with E-state index in [0.29, 0.717) is 11.3 Å². The first kappa shape index (κ1) is 13.4. The molecule has 22 heavy (non-hydrogen) atoms. The highest BCUT2D eigenvalue weighted by Crippen LogP contribution is 2.61. The minimum absolute atomic E-state index is 0.0989. The molecule has 1 N–H and O–H groups in total. The third kappa shape index (κ3) is 2.28. The molecule has 2 aliphatic carbocycles. The summed E-state index contributed by atoms with van der Waals surface area (Å²) in [7, 11) is 0. The minimum atomic E-state index is -0.627. The average Bonchev–Trinajstić information content (AvgIpc) is 2.43. The monoisotopic (exact) mass is 294 g/mol. The first-order valence-electron chi connectivity index (χ1n) is 7.76. The molecule has 2 fully saturated rings. The van der Waals surface area contributed by atoms with E-state index in [1.165, 1.54) is 0 Å². The van der Waals surface area contributed by atoms with Crippen LogP contribution in [0.1, 0.15) is 31.4 Å². The fraction of sp³-hybridized carbons (Fsp3) is 0.389. The Bertz CT molecular complexity index is 755. The third-order valence-electron chi connectivity index (χ3n) is 5.12. The van der Waals surface area contributed by atoms with Gasteiger partial charge in [-0.1, -0.05) is 6.08 Å². The van der Waals surface area contributed by atoms with E-state index in [4.69, 9.17) is 5.11 Å². The highest BCUT2D eigenvalue weighted by atomic mass is 16.4.